The third-order valence-electron chi connectivity index (χ3n) is 3.33. The molecule has 23 heavy (non-hydrogen) atoms. The Balaban J connectivity index is 1.78. The van der Waals surface area contributed by atoms with Crippen LogP contribution in [0.5, 0.6) is 11.5 Å². The number of hydrogen-bond donors (Lipinski definition) is 0. The second kappa shape index (κ2) is 6.57. The molecule has 1 radical (unpaired) electrons. The van der Waals surface area contributed by atoms with Gasteiger partial charge in [0.1, 0.15) is 0 Å². The summed E-state index contributed by atoms with van der Waals surface area (Å²) in [5.74, 6) is 2.16. The molecule has 4 nitrogen and oxygen atoms in total. The van der Waals surface area contributed by atoms with Gasteiger partial charge in [-0.2, -0.15) is 0 Å². The zero-order valence-electron chi connectivity index (χ0n) is 13.5. The van der Waals surface area contributed by atoms with E-state index < -0.39 is 0 Å². The third-order valence-corrected chi connectivity index (χ3v) is 3.33. The lowest BCUT2D eigenvalue weighted by Gasteiger charge is -2.13. The molecule has 117 valence electrons. The fourth-order valence-electron chi connectivity index (χ4n) is 2.31. The summed E-state index contributed by atoms with van der Waals surface area (Å²) in [5.41, 5.74) is 2.83. The second-order valence-corrected chi connectivity index (χ2v) is 5.48. The van der Waals surface area contributed by atoms with E-state index in [9.17, 15) is 0 Å². The molecule has 0 spiro atoms. The number of hydrogen-bond acceptors (Lipinski definition) is 3. The van der Waals surface area contributed by atoms with Gasteiger partial charge in [-0.1, -0.05) is 24.3 Å². The number of rotatable bonds is 5. The zero-order valence-corrected chi connectivity index (χ0v) is 13.5. The molecule has 1 aliphatic rings. The fourth-order valence-corrected chi connectivity index (χ4v) is 2.31. The average molecular weight is 307 g/mol. The van der Waals surface area contributed by atoms with E-state index in [1.807, 2.05) is 68.5 Å². The largest absolute Gasteiger partial charge is 0.493 e. The molecular weight excluding hydrogens is 288 g/mol. The molecule has 0 bridgehead atoms. The minimum Gasteiger partial charge on any atom is -0.493 e. The summed E-state index contributed by atoms with van der Waals surface area (Å²) in [6.07, 6.45) is 3.97. The SMILES string of the molecule is COc1ccc(C=CC2=Nc3ccccc3[N]2)cc1OC(C)C. The first-order valence-corrected chi connectivity index (χ1v) is 7.58. The van der Waals surface area contributed by atoms with Crippen LogP contribution >= 0.6 is 0 Å². The maximum atomic E-state index is 5.79. The Morgan fingerprint density at radius 1 is 0.957 bits per heavy atom. The molecule has 0 aromatic heterocycles. The van der Waals surface area contributed by atoms with Crippen molar-refractivity contribution >= 4 is 23.3 Å². The highest BCUT2D eigenvalue weighted by Crippen LogP contribution is 2.31. The highest BCUT2D eigenvalue weighted by Gasteiger charge is 2.12. The van der Waals surface area contributed by atoms with Gasteiger partial charge in [-0.25, -0.2) is 10.3 Å². The summed E-state index contributed by atoms with van der Waals surface area (Å²) >= 11 is 0. The maximum absolute atomic E-state index is 5.79. The highest BCUT2D eigenvalue weighted by molar-refractivity contribution is 6.05. The number of amidine groups is 1. The predicted molar refractivity (Wildman–Crippen MR) is 93.1 cm³/mol. The smallest absolute Gasteiger partial charge is 0.162 e. The lowest BCUT2D eigenvalue weighted by atomic mass is 10.2. The quantitative estimate of drug-likeness (QED) is 0.817. The summed E-state index contributed by atoms with van der Waals surface area (Å²) < 4.78 is 11.1. The maximum Gasteiger partial charge on any atom is 0.162 e. The summed E-state index contributed by atoms with van der Waals surface area (Å²) in [5, 5.41) is 4.48. The van der Waals surface area contributed by atoms with Gasteiger partial charge in [0.15, 0.2) is 17.3 Å². The first-order valence-electron chi connectivity index (χ1n) is 7.58. The molecule has 0 fully saturated rings. The first kappa shape index (κ1) is 15.2. The molecule has 4 heteroatoms. The van der Waals surface area contributed by atoms with Crippen LogP contribution in [0.15, 0.2) is 53.5 Å². The summed E-state index contributed by atoms with van der Waals surface area (Å²) in [4.78, 5) is 4.48. The van der Waals surface area contributed by atoms with Crippen molar-refractivity contribution in [3.8, 4) is 11.5 Å². The Kier molecular flexibility index (Phi) is 4.33. The number of fused-ring (bicyclic) bond motifs is 1. The molecule has 0 atom stereocenters. The van der Waals surface area contributed by atoms with Gasteiger partial charge in [0.2, 0.25) is 0 Å². The van der Waals surface area contributed by atoms with E-state index in [2.05, 4.69) is 10.3 Å². The van der Waals surface area contributed by atoms with E-state index in [0.717, 1.165) is 28.4 Å². The number of nitrogens with zero attached hydrogens (tertiary/aromatic N) is 2. The number of para-hydroxylation sites is 2. The van der Waals surface area contributed by atoms with Gasteiger partial charge >= 0.3 is 0 Å². The Morgan fingerprint density at radius 3 is 2.43 bits per heavy atom. The molecule has 1 aliphatic heterocycles. The van der Waals surface area contributed by atoms with Crippen molar-refractivity contribution in [3.05, 3.63) is 54.1 Å². The molecule has 1 heterocycles. The monoisotopic (exact) mass is 307 g/mol. The van der Waals surface area contributed by atoms with Crippen molar-refractivity contribution in [2.45, 2.75) is 20.0 Å². The highest BCUT2D eigenvalue weighted by atomic mass is 16.5. The van der Waals surface area contributed by atoms with Gasteiger partial charge in [0.05, 0.1) is 24.6 Å². The topological polar surface area (TPSA) is 44.9 Å². The molecular formula is C19H19N2O2. The van der Waals surface area contributed by atoms with Gasteiger partial charge in [0.25, 0.3) is 0 Å². The van der Waals surface area contributed by atoms with Crippen LogP contribution in [0.4, 0.5) is 11.4 Å². The molecule has 3 rings (SSSR count). The van der Waals surface area contributed by atoms with Crippen LogP contribution in [-0.2, 0) is 0 Å². The lowest BCUT2D eigenvalue weighted by Crippen LogP contribution is -2.06. The molecule has 0 saturated heterocycles. The van der Waals surface area contributed by atoms with Gasteiger partial charge in [-0.05, 0) is 49.8 Å². The van der Waals surface area contributed by atoms with E-state index >= 15 is 0 Å². The standard InChI is InChI=1S/C19H19N2O2/c1-13(2)23-18-12-14(8-10-17(18)22-3)9-11-19-20-15-6-4-5-7-16(15)21-19/h4-13H,1-3H3. The summed E-state index contributed by atoms with van der Waals surface area (Å²) in [7, 11) is 1.64. The predicted octanol–water partition coefficient (Wildman–Crippen LogP) is 4.48. The van der Waals surface area contributed by atoms with E-state index in [4.69, 9.17) is 9.47 Å². The number of ether oxygens (including phenoxy) is 2. The van der Waals surface area contributed by atoms with Gasteiger partial charge in [0, 0.05) is 0 Å². The molecule has 0 saturated carbocycles. The Morgan fingerprint density at radius 2 is 1.74 bits per heavy atom. The van der Waals surface area contributed by atoms with Gasteiger partial charge < -0.3 is 9.47 Å². The van der Waals surface area contributed by atoms with E-state index in [-0.39, 0.29) is 6.10 Å². The lowest BCUT2D eigenvalue weighted by molar-refractivity contribution is 0.230. The van der Waals surface area contributed by atoms with Crippen LogP contribution in [0.2, 0.25) is 0 Å². The van der Waals surface area contributed by atoms with Crippen LogP contribution in [0.3, 0.4) is 0 Å². The zero-order chi connectivity index (χ0) is 16.2. The van der Waals surface area contributed by atoms with Crippen LogP contribution in [-0.4, -0.2) is 19.0 Å². The molecule has 0 N–H and O–H groups in total. The van der Waals surface area contributed by atoms with E-state index in [0.29, 0.717) is 5.84 Å². The molecule has 2 aromatic carbocycles. The first-order chi connectivity index (χ1) is 11.2. The summed E-state index contributed by atoms with van der Waals surface area (Å²) in [6, 6.07) is 13.7. The Bertz CT molecular complexity index is 764. The fraction of sp³-hybridized carbons (Fsp3) is 0.211. The van der Waals surface area contributed by atoms with Crippen molar-refractivity contribution in [1.82, 2.24) is 5.32 Å². The minimum absolute atomic E-state index is 0.0897. The molecule has 0 amide bonds. The molecule has 0 unspecified atom stereocenters. The Hall–Kier alpha value is -2.75. The van der Waals surface area contributed by atoms with Crippen molar-refractivity contribution in [2.24, 2.45) is 4.99 Å². The van der Waals surface area contributed by atoms with Crippen LogP contribution in [0.25, 0.3) is 6.08 Å². The molecule has 0 aliphatic carbocycles. The normalized spacial score (nSPS) is 13.0. The number of methoxy groups -OCH3 is 1. The second-order valence-electron chi connectivity index (χ2n) is 5.48. The van der Waals surface area contributed by atoms with Crippen LogP contribution in [0.1, 0.15) is 19.4 Å². The van der Waals surface area contributed by atoms with Crippen molar-refractivity contribution < 1.29 is 9.47 Å². The number of aliphatic imine (C=N–C) groups is 1. The minimum atomic E-state index is 0.0897. The van der Waals surface area contributed by atoms with Gasteiger partial charge in [-0.3, -0.25) is 0 Å². The van der Waals surface area contributed by atoms with Crippen LogP contribution in [0, 0.1) is 0 Å². The third kappa shape index (κ3) is 3.54. The number of benzene rings is 2. The average Bonchev–Trinajstić information content (AvgIpc) is 2.95. The molecule has 2 aromatic rings. The van der Waals surface area contributed by atoms with Crippen molar-refractivity contribution in [2.75, 3.05) is 7.11 Å². The van der Waals surface area contributed by atoms with Crippen molar-refractivity contribution in [3.63, 3.8) is 0 Å². The van der Waals surface area contributed by atoms with Crippen molar-refractivity contribution in [1.29, 1.82) is 0 Å². The van der Waals surface area contributed by atoms with Gasteiger partial charge in [-0.15, -0.1) is 0 Å². The summed E-state index contributed by atoms with van der Waals surface area (Å²) in [6.45, 7) is 3.98. The van der Waals surface area contributed by atoms with E-state index in [1.165, 1.54) is 0 Å². The van der Waals surface area contributed by atoms with E-state index in [1.54, 1.807) is 7.11 Å². The Labute approximate surface area is 136 Å². The van der Waals surface area contributed by atoms with Crippen LogP contribution < -0.4 is 14.8 Å².